The van der Waals surface area contributed by atoms with Crippen LogP contribution in [0.2, 0.25) is 5.02 Å². The monoisotopic (exact) mass is 478 g/mol. The van der Waals surface area contributed by atoms with E-state index in [1.54, 1.807) is 0 Å². The normalized spacial score (nSPS) is 18.6. The molecule has 5 rings (SSSR count). The number of methoxy groups -OCH3 is 1. The van der Waals surface area contributed by atoms with Gasteiger partial charge in [0.1, 0.15) is 6.54 Å². The van der Waals surface area contributed by atoms with Crippen LogP contribution in [0.25, 0.3) is 22.2 Å². The second-order valence-corrected chi connectivity index (χ2v) is 10.1. The number of ether oxygens (including phenoxy) is 1. The number of aromatic nitrogens is 1. The fourth-order valence-corrected chi connectivity index (χ4v) is 6.27. The summed E-state index contributed by atoms with van der Waals surface area (Å²) in [6, 6.07) is 16.3. The van der Waals surface area contributed by atoms with E-state index in [4.69, 9.17) is 21.3 Å². The molecule has 178 valence electrons. The van der Waals surface area contributed by atoms with E-state index in [1.807, 2.05) is 48.5 Å². The smallest absolute Gasteiger partial charge is 0.339 e. The highest BCUT2D eigenvalue weighted by Gasteiger charge is 2.41. The van der Waals surface area contributed by atoms with Gasteiger partial charge in [-0.25, -0.2) is 9.78 Å². The molecule has 6 heteroatoms. The molecule has 0 saturated carbocycles. The summed E-state index contributed by atoms with van der Waals surface area (Å²) in [6.45, 7) is 5.20. The SMILES string of the molecule is COC(=O)c1c(C[N+]2(C3CCNCC3)CCCCC2)c(-c2cccc(Cl)c2)nc2ccccc12. The topological polar surface area (TPSA) is 51.2 Å². The van der Waals surface area contributed by atoms with Gasteiger partial charge in [0, 0.05) is 47.5 Å². The van der Waals surface area contributed by atoms with E-state index in [-0.39, 0.29) is 5.97 Å². The van der Waals surface area contributed by atoms with Gasteiger partial charge in [0.25, 0.3) is 0 Å². The number of fused-ring (bicyclic) bond motifs is 1. The van der Waals surface area contributed by atoms with Crippen molar-refractivity contribution in [1.29, 1.82) is 0 Å². The van der Waals surface area contributed by atoms with Gasteiger partial charge in [-0.1, -0.05) is 41.9 Å². The molecule has 3 heterocycles. The van der Waals surface area contributed by atoms with Gasteiger partial charge in [-0.3, -0.25) is 0 Å². The van der Waals surface area contributed by atoms with Gasteiger partial charge >= 0.3 is 5.97 Å². The number of hydrogen-bond donors (Lipinski definition) is 1. The molecule has 5 nitrogen and oxygen atoms in total. The van der Waals surface area contributed by atoms with Gasteiger partial charge in [0.2, 0.25) is 0 Å². The van der Waals surface area contributed by atoms with Crippen LogP contribution in [0.4, 0.5) is 0 Å². The largest absolute Gasteiger partial charge is 0.465 e. The molecule has 34 heavy (non-hydrogen) atoms. The van der Waals surface area contributed by atoms with Crippen LogP contribution < -0.4 is 5.32 Å². The Kier molecular flexibility index (Phi) is 6.87. The van der Waals surface area contributed by atoms with E-state index in [9.17, 15) is 4.79 Å². The number of carbonyl (C=O) groups is 1. The van der Waals surface area contributed by atoms with Crippen molar-refractivity contribution in [3.63, 3.8) is 0 Å². The van der Waals surface area contributed by atoms with E-state index >= 15 is 0 Å². The molecule has 0 radical (unpaired) electrons. The van der Waals surface area contributed by atoms with E-state index in [0.717, 1.165) is 64.9 Å². The number of carbonyl (C=O) groups excluding carboxylic acids is 1. The lowest BCUT2D eigenvalue weighted by Gasteiger charge is -2.49. The van der Waals surface area contributed by atoms with Crippen molar-refractivity contribution in [3.05, 3.63) is 64.7 Å². The minimum Gasteiger partial charge on any atom is -0.465 e. The molecule has 2 fully saturated rings. The number of rotatable bonds is 5. The Morgan fingerprint density at radius 3 is 2.59 bits per heavy atom. The highest BCUT2D eigenvalue weighted by molar-refractivity contribution is 6.30. The molecule has 0 spiro atoms. The maximum atomic E-state index is 13.3. The van der Waals surface area contributed by atoms with Crippen molar-refractivity contribution < 1.29 is 14.0 Å². The number of likely N-dealkylation sites (tertiary alicyclic amines) is 1. The van der Waals surface area contributed by atoms with Crippen LogP contribution in [0, 0.1) is 0 Å². The Hall–Kier alpha value is -2.47. The number of nitrogens with zero attached hydrogens (tertiary/aromatic N) is 2. The maximum Gasteiger partial charge on any atom is 0.339 e. The van der Waals surface area contributed by atoms with Crippen molar-refractivity contribution >= 4 is 28.5 Å². The molecule has 1 N–H and O–H groups in total. The molecule has 2 aromatic carbocycles. The fraction of sp³-hybridized carbons (Fsp3) is 0.429. The summed E-state index contributed by atoms with van der Waals surface area (Å²) in [5, 5.41) is 5.05. The molecule has 2 aliphatic heterocycles. The summed E-state index contributed by atoms with van der Waals surface area (Å²) in [4.78, 5) is 18.4. The molecular formula is C28H33ClN3O2+. The first-order valence-electron chi connectivity index (χ1n) is 12.4. The molecule has 3 aromatic rings. The summed E-state index contributed by atoms with van der Waals surface area (Å²) < 4.78 is 6.38. The third-order valence-electron chi connectivity index (χ3n) is 7.74. The average Bonchev–Trinajstić information content (AvgIpc) is 2.89. The third-order valence-corrected chi connectivity index (χ3v) is 7.98. The predicted octanol–water partition coefficient (Wildman–Crippen LogP) is 5.59. The van der Waals surface area contributed by atoms with Crippen LogP contribution in [-0.4, -0.2) is 54.8 Å². The van der Waals surface area contributed by atoms with Crippen LogP contribution in [0.15, 0.2) is 48.5 Å². The number of pyridine rings is 1. The number of hydrogen-bond acceptors (Lipinski definition) is 4. The van der Waals surface area contributed by atoms with Crippen LogP contribution in [0.1, 0.15) is 48.0 Å². The summed E-state index contributed by atoms with van der Waals surface area (Å²) >= 11 is 6.41. The van der Waals surface area contributed by atoms with Gasteiger partial charge in [0.05, 0.1) is 43.0 Å². The lowest BCUT2D eigenvalue weighted by atomic mass is 9.91. The minimum atomic E-state index is -0.294. The van der Waals surface area contributed by atoms with E-state index in [1.165, 1.54) is 39.2 Å². The first-order valence-corrected chi connectivity index (χ1v) is 12.8. The van der Waals surface area contributed by atoms with Crippen molar-refractivity contribution in [1.82, 2.24) is 10.3 Å². The Morgan fingerprint density at radius 1 is 1.09 bits per heavy atom. The highest BCUT2D eigenvalue weighted by Crippen LogP contribution is 2.37. The first kappa shape index (κ1) is 23.3. The fourth-order valence-electron chi connectivity index (χ4n) is 6.08. The zero-order valence-electron chi connectivity index (χ0n) is 19.9. The number of halogens is 1. The quantitative estimate of drug-likeness (QED) is 0.383. The molecule has 2 aliphatic rings. The molecule has 0 amide bonds. The number of quaternary nitrogens is 1. The number of para-hydroxylation sites is 1. The van der Waals surface area contributed by atoms with Crippen LogP contribution in [0.3, 0.4) is 0 Å². The molecule has 1 aromatic heterocycles. The van der Waals surface area contributed by atoms with E-state index < -0.39 is 0 Å². The van der Waals surface area contributed by atoms with Gasteiger partial charge in [0.15, 0.2) is 0 Å². The molecular weight excluding hydrogens is 446 g/mol. The number of benzene rings is 2. The Morgan fingerprint density at radius 2 is 1.85 bits per heavy atom. The Balaban J connectivity index is 1.74. The van der Waals surface area contributed by atoms with Crippen molar-refractivity contribution in [2.24, 2.45) is 0 Å². The molecule has 2 saturated heterocycles. The predicted molar refractivity (Wildman–Crippen MR) is 137 cm³/mol. The lowest BCUT2D eigenvalue weighted by molar-refractivity contribution is -0.968. The third kappa shape index (κ3) is 4.45. The summed E-state index contributed by atoms with van der Waals surface area (Å²) in [6.07, 6.45) is 6.07. The molecule has 0 atom stereocenters. The lowest BCUT2D eigenvalue weighted by Crippen LogP contribution is -2.60. The van der Waals surface area contributed by atoms with Crippen LogP contribution in [-0.2, 0) is 11.3 Å². The Bertz CT molecular complexity index is 1180. The number of nitrogens with one attached hydrogen (secondary N) is 1. The molecule has 0 unspecified atom stereocenters. The van der Waals surface area contributed by atoms with E-state index in [0.29, 0.717) is 16.6 Å². The van der Waals surface area contributed by atoms with E-state index in [2.05, 4.69) is 5.32 Å². The summed E-state index contributed by atoms with van der Waals surface area (Å²) in [5.74, 6) is -0.294. The molecule has 0 aliphatic carbocycles. The highest BCUT2D eigenvalue weighted by atomic mass is 35.5. The zero-order chi connectivity index (χ0) is 23.5. The van der Waals surface area contributed by atoms with Gasteiger partial charge < -0.3 is 14.5 Å². The first-order chi connectivity index (χ1) is 16.6. The number of piperidine rings is 2. The second-order valence-electron chi connectivity index (χ2n) is 9.70. The van der Waals surface area contributed by atoms with Gasteiger partial charge in [-0.05, 0) is 37.5 Å². The maximum absolute atomic E-state index is 13.3. The van der Waals surface area contributed by atoms with Gasteiger partial charge in [-0.15, -0.1) is 0 Å². The average molecular weight is 479 g/mol. The summed E-state index contributed by atoms with van der Waals surface area (Å²) in [5.41, 5.74) is 4.24. The second kappa shape index (κ2) is 10.0. The van der Waals surface area contributed by atoms with Gasteiger partial charge in [-0.2, -0.15) is 0 Å². The van der Waals surface area contributed by atoms with Crippen LogP contribution >= 0.6 is 11.6 Å². The van der Waals surface area contributed by atoms with Crippen LogP contribution in [0.5, 0.6) is 0 Å². The van der Waals surface area contributed by atoms with Crippen molar-refractivity contribution in [2.45, 2.75) is 44.7 Å². The van der Waals surface area contributed by atoms with Crippen molar-refractivity contribution in [2.75, 3.05) is 33.3 Å². The van der Waals surface area contributed by atoms with Crippen molar-refractivity contribution in [3.8, 4) is 11.3 Å². The number of esters is 1. The standard InChI is InChI=1S/C28H33ClN3O2/c1-34-28(33)26-23-10-3-4-11-25(23)31-27(20-8-7-9-21(29)18-20)24(26)19-32(16-5-2-6-17-32)22-12-14-30-15-13-22/h3-4,7-11,18,22,30H,2,5-6,12-17,19H2,1H3/q+1. The summed E-state index contributed by atoms with van der Waals surface area (Å²) in [7, 11) is 1.47. The zero-order valence-corrected chi connectivity index (χ0v) is 20.6. The molecule has 0 bridgehead atoms. The Labute approximate surface area is 206 Å². The minimum absolute atomic E-state index is 0.294.